The summed E-state index contributed by atoms with van der Waals surface area (Å²) in [7, 11) is 0. The summed E-state index contributed by atoms with van der Waals surface area (Å²) in [6, 6.07) is 2.07. The first-order valence-electron chi connectivity index (χ1n) is 3.43. The average molecular weight is 139 g/mol. The second kappa shape index (κ2) is 2.46. The van der Waals surface area contributed by atoms with Crippen molar-refractivity contribution in [1.82, 2.24) is 0 Å². The van der Waals surface area contributed by atoms with Crippen LogP contribution < -0.4 is 5.73 Å². The highest BCUT2D eigenvalue weighted by Crippen LogP contribution is 2.18. The van der Waals surface area contributed by atoms with Crippen LogP contribution in [0.5, 0.6) is 0 Å². The van der Waals surface area contributed by atoms with Crippen molar-refractivity contribution in [3.05, 3.63) is 23.2 Å². The summed E-state index contributed by atoms with van der Waals surface area (Å²) in [5, 5.41) is 0. The van der Waals surface area contributed by atoms with E-state index in [4.69, 9.17) is 10.2 Å². The van der Waals surface area contributed by atoms with E-state index in [1.54, 1.807) is 0 Å². The Labute approximate surface area is 61.0 Å². The van der Waals surface area contributed by atoms with Crippen LogP contribution >= 0.6 is 0 Å². The standard InChI is InChI=1S/C8H13NO/c1-5-4-8(6(2)9)7(3)10-5/h4,6H,9H2,1-3H3/t6-/m0/s1. The second-order valence-corrected chi connectivity index (χ2v) is 2.66. The molecule has 0 saturated carbocycles. The summed E-state index contributed by atoms with van der Waals surface area (Å²) in [5.41, 5.74) is 6.78. The molecule has 2 N–H and O–H groups in total. The molecule has 0 aromatic carbocycles. The molecule has 2 nitrogen and oxygen atoms in total. The minimum Gasteiger partial charge on any atom is -0.466 e. The first-order chi connectivity index (χ1) is 4.61. The molecule has 1 rings (SSSR count). The van der Waals surface area contributed by atoms with Crippen LogP contribution in [-0.2, 0) is 0 Å². The number of rotatable bonds is 1. The van der Waals surface area contributed by atoms with E-state index < -0.39 is 0 Å². The minimum absolute atomic E-state index is 0.0810. The molecule has 1 atom stereocenters. The fourth-order valence-corrected chi connectivity index (χ4v) is 1.10. The van der Waals surface area contributed by atoms with Crippen molar-refractivity contribution in [2.24, 2.45) is 5.73 Å². The Morgan fingerprint density at radius 2 is 2.10 bits per heavy atom. The molecule has 0 aliphatic carbocycles. The lowest BCUT2D eigenvalue weighted by Gasteiger charge is -1.99. The number of nitrogens with two attached hydrogens (primary N) is 1. The lowest BCUT2D eigenvalue weighted by molar-refractivity contribution is 0.499. The maximum absolute atomic E-state index is 5.67. The van der Waals surface area contributed by atoms with Crippen LogP contribution in [0.3, 0.4) is 0 Å². The summed E-state index contributed by atoms with van der Waals surface area (Å²) in [4.78, 5) is 0. The molecular weight excluding hydrogens is 126 g/mol. The largest absolute Gasteiger partial charge is 0.466 e. The van der Waals surface area contributed by atoms with Crippen molar-refractivity contribution in [2.75, 3.05) is 0 Å². The van der Waals surface area contributed by atoms with Gasteiger partial charge in [0, 0.05) is 11.6 Å². The van der Waals surface area contributed by atoms with E-state index in [0.29, 0.717) is 0 Å². The van der Waals surface area contributed by atoms with Crippen molar-refractivity contribution in [3.63, 3.8) is 0 Å². The summed E-state index contributed by atoms with van der Waals surface area (Å²) >= 11 is 0. The Bertz CT molecular complexity index is 225. The SMILES string of the molecule is Cc1cc([C@H](C)N)c(C)o1. The molecule has 0 fully saturated rings. The molecule has 0 saturated heterocycles. The highest BCUT2D eigenvalue weighted by atomic mass is 16.3. The smallest absolute Gasteiger partial charge is 0.105 e. The zero-order valence-corrected chi connectivity index (χ0v) is 6.64. The first-order valence-corrected chi connectivity index (χ1v) is 3.43. The van der Waals surface area contributed by atoms with Gasteiger partial charge in [-0.15, -0.1) is 0 Å². The van der Waals surface area contributed by atoms with Crippen LogP contribution in [0.15, 0.2) is 10.5 Å². The fraction of sp³-hybridized carbons (Fsp3) is 0.500. The van der Waals surface area contributed by atoms with Crippen LogP contribution in [0.25, 0.3) is 0 Å². The molecule has 0 unspecified atom stereocenters. The van der Waals surface area contributed by atoms with E-state index in [1.165, 1.54) is 0 Å². The molecule has 2 heteroatoms. The van der Waals surface area contributed by atoms with Gasteiger partial charge in [-0.1, -0.05) is 0 Å². The van der Waals surface area contributed by atoms with E-state index >= 15 is 0 Å². The van der Waals surface area contributed by atoms with E-state index in [-0.39, 0.29) is 6.04 Å². The first kappa shape index (κ1) is 7.35. The Morgan fingerprint density at radius 1 is 1.50 bits per heavy atom. The zero-order chi connectivity index (χ0) is 7.72. The molecule has 10 heavy (non-hydrogen) atoms. The molecule has 0 aliphatic heterocycles. The maximum atomic E-state index is 5.67. The van der Waals surface area contributed by atoms with E-state index in [9.17, 15) is 0 Å². The minimum atomic E-state index is 0.0810. The van der Waals surface area contributed by atoms with Gasteiger partial charge in [-0.05, 0) is 26.8 Å². The van der Waals surface area contributed by atoms with Gasteiger partial charge in [-0.3, -0.25) is 0 Å². The van der Waals surface area contributed by atoms with Crippen molar-refractivity contribution in [2.45, 2.75) is 26.8 Å². The summed E-state index contributed by atoms with van der Waals surface area (Å²) < 4.78 is 5.30. The lowest BCUT2D eigenvalue weighted by Crippen LogP contribution is -2.04. The Kier molecular flexibility index (Phi) is 1.81. The van der Waals surface area contributed by atoms with Gasteiger partial charge in [0.2, 0.25) is 0 Å². The van der Waals surface area contributed by atoms with Crippen LogP contribution in [0.1, 0.15) is 30.0 Å². The van der Waals surface area contributed by atoms with Crippen molar-refractivity contribution < 1.29 is 4.42 Å². The van der Waals surface area contributed by atoms with Gasteiger partial charge in [0.1, 0.15) is 11.5 Å². The van der Waals surface area contributed by atoms with E-state index in [1.807, 2.05) is 26.8 Å². The zero-order valence-electron chi connectivity index (χ0n) is 6.64. The van der Waals surface area contributed by atoms with Crippen LogP contribution in [0.4, 0.5) is 0 Å². The molecule has 1 aromatic rings. The molecule has 1 heterocycles. The predicted molar refractivity (Wildman–Crippen MR) is 40.8 cm³/mol. The molecule has 0 spiro atoms. The third kappa shape index (κ3) is 1.21. The van der Waals surface area contributed by atoms with Gasteiger partial charge < -0.3 is 10.2 Å². The highest BCUT2D eigenvalue weighted by Gasteiger charge is 2.07. The van der Waals surface area contributed by atoms with Crippen molar-refractivity contribution in [3.8, 4) is 0 Å². The third-order valence-corrected chi connectivity index (χ3v) is 1.57. The average Bonchev–Trinajstić information content (AvgIpc) is 2.10. The van der Waals surface area contributed by atoms with Crippen LogP contribution in [0.2, 0.25) is 0 Å². The number of hydrogen-bond acceptors (Lipinski definition) is 2. The molecule has 1 aromatic heterocycles. The molecular formula is C8H13NO. The quantitative estimate of drug-likeness (QED) is 0.645. The molecule has 0 amide bonds. The molecule has 56 valence electrons. The summed E-state index contributed by atoms with van der Waals surface area (Å²) in [6.45, 7) is 5.82. The summed E-state index contributed by atoms with van der Waals surface area (Å²) in [5.74, 6) is 1.87. The topological polar surface area (TPSA) is 39.2 Å². The Balaban J connectivity index is 3.03. The highest BCUT2D eigenvalue weighted by molar-refractivity contribution is 5.22. The van der Waals surface area contributed by atoms with Gasteiger partial charge in [0.15, 0.2) is 0 Å². The predicted octanol–water partition coefficient (Wildman–Crippen LogP) is 1.92. The van der Waals surface area contributed by atoms with Gasteiger partial charge in [-0.25, -0.2) is 0 Å². The van der Waals surface area contributed by atoms with E-state index in [2.05, 4.69) is 0 Å². The van der Waals surface area contributed by atoms with E-state index in [0.717, 1.165) is 17.1 Å². The molecule has 0 aliphatic rings. The maximum Gasteiger partial charge on any atom is 0.105 e. The third-order valence-electron chi connectivity index (χ3n) is 1.57. The van der Waals surface area contributed by atoms with Gasteiger partial charge in [0.05, 0.1) is 0 Å². The van der Waals surface area contributed by atoms with Gasteiger partial charge in [0.25, 0.3) is 0 Å². The number of furan rings is 1. The normalized spacial score (nSPS) is 13.6. The monoisotopic (exact) mass is 139 g/mol. The number of hydrogen-bond donors (Lipinski definition) is 1. The van der Waals surface area contributed by atoms with Crippen molar-refractivity contribution in [1.29, 1.82) is 0 Å². The van der Waals surface area contributed by atoms with Gasteiger partial charge >= 0.3 is 0 Å². The van der Waals surface area contributed by atoms with Crippen LogP contribution in [0, 0.1) is 13.8 Å². The lowest BCUT2D eigenvalue weighted by atomic mass is 10.1. The Morgan fingerprint density at radius 3 is 2.30 bits per heavy atom. The molecule has 0 bridgehead atoms. The Hall–Kier alpha value is -0.760. The van der Waals surface area contributed by atoms with Crippen molar-refractivity contribution >= 4 is 0 Å². The fourth-order valence-electron chi connectivity index (χ4n) is 1.10. The van der Waals surface area contributed by atoms with Gasteiger partial charge in [-0.2, -0.15) is 0 Å². The summed E-state index contributed by atoms with van der Waals surface area (Å²) in [6.07, 6.45) is 0. The second-order valence-electron chi connectivity index (χ2n) is 2.66. The molecule has 0 radical (unpaired) electrons. The number of aryl methyl sites for hydroxylation is 2. The van der Waals surface area contributed by atoms with Crippen LogP contribution in [-0.4, -0.2) is 0 Å².